The van der Waals surface area contributed by atoms with E-state index in [0.29, 0.717) is 48.2 Å². The number of carboxylic acids is 1. The number of anilines is 1. The van der Waals surface area contributed by atoms with Crippen molar-refractivity contribution in [3.8, 4) is 5.75 Å². The van der Waals surface area contributed by atoms with E-state index < -0.39 is 119 Å². The predicted octanol–water partition coefficient (Wildman–Crippen LogP) is 2.99. The van der Waals surface area contributed by atoms with Crippen LogP contribution in [-0.2, 0) is 59.2 Å². The van der Waals surface area contributed by atoms with Crippen molar-refractivity contribution in [1.82, 2.24) is 20.9 Å². The Morgan fingerprint density at radius 2 is 1.62 bits per heavy atom. The summed E-state index contributed by atoms with van der Waals surface area (Å²) >= 11 is 0. The number of nitrogens with one attached hydrogen (secondary N) is 4. The van der Waals surface area contributed by atoms with Crippen molar-refractivity contribution in [3.63, 3.8) is 0 Å². The standard InChI is InChI=1S/C55H61N5O16/c1-51-19-17-34(62)21-32(51)7-12-36-37-22-41-55(40(64)25-61,52(37,2)23-39(63)47(36)51)76-49(74-41)31-5-10-35(11-6-31)75-54-27-53(28-54,29-54)59-50(72)73-26-30-3-8-33(9-4-30)57-48(71)38(13-16-46(69)70)58-43(66)24-56-42(65)18-20-60-44(67)14-15-45(60)68/h3-6,8-11,14-15,17,19,21,36-39,41,47,49,61,63H,7,12-13,16,18,20,22-29H2,1-2H3,(H,56,65)(H,57,71)(H,58,66)(H,59,72)(H,69,70)/t36-,37-,38-,39-,41+,47+,49+,51-,52-,53?,54?,55+/m0/s1. The van der Waals surface area contributed by atoms with Crippen LogP contribution in [0.1, 0.15) is 95.5 Å². The Morgan fingerprint density at radius 1 is 0.908 bits per heavy atom. The Morgan fingerprint density at radius 3 is 2.30 bits per heavy atom. The molecule has 2 bridgehead atoms. The van der Waals surface area contributed by atoms with Crippen LogP contribution in [0, 0.1) is 28.6 Å². The van der Waals surface area contributed by atoms with Crippen molar-refractivity contribution in [1.29, 1.82) is 0 Å². The van der Waals surface area contributed by atoms with Gasteiger partial charge in [-0.05, 0) is 85.9 Å². The van der Waals surface area contributed by atoms with Crippen LogP contribution in [0.25, 0.3) is 0 Å². The Hall–Kier alpha value is -7.07. The summed E-state index contributed by atoms with van der Waals surface area (Å²) in [4.78, 5) is 113. The molecule has 2 heterocycles. The molecule has 21 heteroatoms. The summed E-state index contributed by atoms with van der Waals surface area (Å²) in [5, 5.41) is 41.9. The molecule has 402 valence electrons. The SMILES string of the molecule is C[C@]12C=CC(=O)C=C1CC[C@@H]1[C@@H]2[C@@H](O)C[C@@]2(C)[C@H]1C[C@H]1O[C@@H](c3ccc(OC45CC(NC(=O)OCc6ccc(NC(=O)[C@H](CCC(=O)O)NC(=O)CNC(=O)CCN7C(=O)C=CC7=O)cc6)(C4)C5)cc3)O[C@]12C(=O)CO. The van der Waals surface area contributed by atoms with Crippen LogP contribution in [0.2, 0.25) is 0 Å². The monoisotopic (exact) mass is 1050 g/mol. The lowest BCUT2D eigenvalue weighted by molar-refractivity contribution is -0.201. The summed E-state index contributed by atoms with van der Waals surface area (Å²) in [6.45, 7) is 2.56. The molecular formula is C55H61N5O16. The van der Waals surface area contributed by atoms with E-state index in [1.165, 1.54) is 0 Å². The number of allylic oxidation sites excluding steroid dienone is 4. The van der Waals surface area contributed by atoms with Gasteiger partial charge in [-0.15, -0.1) is 0 Å². The fraction of sp³-hybridized carbons (Fsp3) is 0.509. The molecule has 10 atom stereocenters. The van der Waals surface area contributed by atoms with Gasteiger partial charge in [0, 0.05) is 78.8 Å². The van der Waals surface area contributed by atoms with Gasteiger partial charge in [-0.1, -0.05) is 49.8 Å². The van der Waals surface area contributed by atoms with Crippen molar-refractivity contribution in [2.75, 3.05) is 25.0 Å². The number of aliphatic hydroxyl groups is 2. The number of hydrogen-bond donors (Lipinski definition) is 7. The predicted molar refractivity (Wildman–Crippen MR) is 264 cm³/mol. The maximum absolute atomic E-state index is 14.0. The van der Waals surface area contributed by atoms with Crippen molar-refractivity contribution in [3.05, 3.63) is 95.6 Å². The number of fused-ring (bicyclic) bond motifs is 7. The molecule has 2 aliphatic heterocycles. The number of hydrogen-bond acceptors (Lipinski definition) is 15. The Kier molecular flexibility index (Phi) is 13.7. The molecule has 0 radical (unpaired) electrons. The number of carbonyl (C=O) groups is 9. The lowest BCUT2D eigenvalue weighted by atomic mass is 9.46. The fourth-order valence-electron chi connectivity index (χ4n) is 13.9. The van der Waals surface area contributed by atoms with Gasteiger partial charge in [-0.3, -0.25) is 43.3 Å². The second-order valence-electron chi connectivity index (χ2n) is 22.1. The molecule has 2 aromatic carbocycles. The molecule has 7 fully saturated rings. The Labute approximate surface area is 436 Å². The van der Waals surface area contributed by atoms with Crippen molar-refractivity contribution >= 4 is 58.9 Å². The quantitative estimate of drug-likeness (QED) is 0.0995. The second-order valence-corrected chi connectivity index (χ2v) is 22.1. The van der Waals surface area contributed by atoms with Gasteiger partial charge in [0.2, 0.25) is 17.7 Å². The Balaban J connectivity index is 0.668. The zero-order valence-electron chi connectivity index (χ0n) is 42.0. The van der Waals surface area contributed by atoms with Gasteiger partial charge in [-0.25, -0.2) is 4.79 Å². The molecule has 2 aromatic rings. The summed E-state index contributed by atoms with van der Waals surface area (Å²) in [6, 6.07) is 12.4. The first-order valence-corrected chi connectivity index (χ1v) is 25.7. The molecule has 21 nitrogen and oxygen atoms in total. The van der Waals surface area contributed by atoms with Crippen LogP contribution in [0.5, 0.6) is 5.75 Å². The third kappa shape index (κ3) is 9.40. The van der Waals surface area contributed by atoms with Crippen LogP contribution in [-0.4, -0.2) is 128 Å². The molecule has 0 spiro atoms. The lowest BCUT2D eigenvalue weighted by Crippen LogP contribution is -2.80. The molecule has 9 aliphatic rings. The zero-order valence-corrected chi connectivity index (χ0v) is 42.0. The number of aliphatic hydroxyl groups excluding tert-OH is 2. The van der Waals surface area contributed by atoms with Gasteiger partial charge in [0.25, 0.3) is 11.8 Å². The molecule has 76 heavy (non-hydrogen) atoms. The van der Waals surface area contributed by atoms with Gasteiger partial charge >= 0.3 is 12.1 Å². The van der Waals surface area contributed by atoms with Crippen LogP contribution < -0.4 is 26.0 Å². The Bertz CT molecular complexity index is 2830. The van der Waals surface area contributed by atoms with Gasteiger partial charge in [0.15, 0.2) is 23.5 Å². The largest absolute Gasteiger partial charge is 0.487 e. The van der Waals surface area contributed by atoms with E-state index in [1.54, 1.807) is 36.4 Å². The molecule has 0 aromatic heterocycles. The number of ether oxygens (including phenoxy) is 4. The molecule has 7 N–H and O–H groups in total. The first-order chi connectivity index (χ1) is 36.2. The highest BCUT2D eigenvalue weighted by Crippen LogP contribution is 2.70. The molecular weight excluding hydrogens is 987 g/mol. The number of carboxylic acid groups (broad SMARTS) is 1. The summed E-state index contributed by atoms with van der Waals surface area (Å²) in [5.74, 6) is -4.42. The van der Waals surface area contributed by atoms with Crippen LogP contribution in [0.3, 0.4) is 0 Å². The highest BCUT2D eigenvalue weighted by atomic mass is 16.7. The van der Waals surface area contributed by atoms with Crippen LogP contribution >= 0.6 is 0 Å². The van der Waals surface area contributed by atoms with E-state index in [1.807, 2.05) is 37.3 Å². The number of ketones is 2. The number of alkyl carbamates (subject to hydrolysis) is 1. The molecule has 7 aliphatic carbocycles. The molecule has 0 unspecified atom stereocenters. The number of rotatable bonds is 19. The van der Waals surface area contributed by atoms with E-state index in [9.17, 15) is 58.5 Å². The number of Topliss-reactive ketones (excluding diaryl/α,β-unsaturated/α-hetero) is 1. The van der Waals surface area contributed by atoms with E-state index in [2.05, 4.69) is 28.2 Å². The van der Waals surface area contributed by atoms with Gasteiger partial charge in [0.1, 0.15) is 30.6 Å². The fourth-order valence-corrected chi connectivity index (χ4v) is 13.9. The van der Waals surface area contributed by atoms with E-state index >= 15 is 0 Å². The topological polar surface area (TPSA) is 303 Å². The molecule has 6 saturated carbocycles. The van der Waals surface area contributed by atoms with Crippen molar-refractivity contribution in [2.24, 2.45) is 28.6 Å². The molecule has 1 saturated heterocycles. The smallest absolute Gasteiger partial charge is 0.407 e. The first kappa shape index (κ1) is 52.4. The maximum atomic E-state index is 14.0. The summed E-state index contributed by atoms with van der Waals surface area (Å²) in [5.41, 5.74) is -1.08. The zero-order chi connectivity index (χ0) is 54.0. The number of nitrogens with zero attached hydrogens (tertiary/aromatic N) is 1. The van der Waals surface area contributed by atoms with Crippen molar-refractivity contribution < 1.29 is 77.4 Å². The average Bonchev–Trinajstić information content (AvgIpc) is 4.17. The number of carbonyl (C=O) groups excluding carboxylic acids is 8. The average molecular weight is 1050 g/mol. The third-order valence-corrected chi connectivity index (χ3v) is 17.4. The summed E-state index contributed by atoms with van der Waals surface area (Å²) < 4.78 is 25.3. The highest BCUT2D eigenvalue weighted by molar-refractivity contribution is 6.13. The minimum absolute atomic E-state index is 0.0259. The minimum Gasteiger partial charge on any atom is -0.487 e. The van der Waals surface area contributed by atoms with Gasteiger partial charge in [0.05, 0.1) is 24.3 Å². The normalized spacial score (nSPS) is 33.5. The van der Waals surface area contributed by atoms with Crippen LogP contribution in [0.4, 0.5) is 10.5 Å². The van der Waals surface area contributed by atoms with Crippen LogP contribution in [0.15, 0.2) is 84.5 Å². The molecule has 6 amide bonds. The summed E-state index contributed by atoms with van der Waals surface area (Å²) in [6.07, 6.45) is 7.54. The minimum atomic E-state index is -1.47. The number of amides is 6. The van der Waals surface area contributed by atoms with Crippen molar-refractivity contribution in [2.45, 2.75) is 126 Å². The highest BCUT2D eigenvalue weighted by Gasteiger charge is 2.76. The number of imide groups is 1. The van der Waals surface area contributed by atoms with E-state index in [-0.39, 0.29) is 56.0 Å². The lowest BCUT2D eigenvalue weighted by Gasteiger charge is -2.68. The number of benzene rings is 2. The van der Waals surface area contributed by atoms with Gasteiger partial charge in [-0.2, -0.15) is 0 Å². The number of aliphatic carboxylic acids is 1. The second kappa shape index (κ2) is 19.8. The van der Waals surface area contributed by atoms with Gasteiger partial charge < -0.3 is 55.5 Å². The third-order valence-electron chi connectivity index (χ3n) is 17.4. The molecule has 11 rings (SSSR count). The summed E-state index contributed by atoms with van der Waals surface area (Å²) in [7, 11) is 0. The maximum Gasteiger partial charge on any atom is 0.407 e. The van der Waals surface area contributed by atoms with E-state index in [4.69, 9.17) is 18.9 Å². The van der Waals surface area contributed by atoms with E-state index in [0.717, 1.165) is 35.5 Å². The first-order valence-electron chi connectivity index (χ1n) is 25.7.